The van der Waals surface area contributed by atoms with Crippen LogP contribution in [0.15, 0.2) is 45.5 Å². The van der Waals surface area contributed by atoms with Gasteiger partial charge in [0.15, 0.2) is 0 Å². The second-order valence-electron chi connectivity index (χ2n) is 5.92. The molecule has 1 saturated heterocycles. The van der Waals surface area contributed by atoms with Crippen LogP contribution in [-0.4, -0.2) is 33.2 Å². The molecule has 1 unspecified atom stereocenters. The van der Waals surface area contributed by atoms with Crippen molar-refractivity contribution >= 4 is 0 Å². The SMILES string of the molecule is Cc1ccc(CN2CCC(c3nnc(-c4cccnc4)o3)C2)o1. The van der Waals surface area contributed by atoms with Crippen molar-refractivity contribution in [3.05, 3.63) is 54.1 Å². The number of rotatable bonds is 4. The molecule has 118 valence electrons. The van der Waals surface area contributed by atoms with Gasteiger partial charge in [-0.05, 0) is 44.2 Å². The Morgan fingerprint density at radius 2 is 2.17 bits per heavy atom. The van der Waals surface area contributed by atoms with Crippen LogP contribution in [0.4, 0.5) is 0 Å². The van der Waals surface area contributed by atoms with Gasteiger partial charge < -0.3 is 8.83 Å². The third-order valence-corrected chi connectivity index (χ3v) is 4.15. The van der Waals surface area contributed by atoms with E-state index in [1.165, 1.54) is 0 Å². The molecule has 6 nitrogen and oxygen atoms in total. The fourth-order valence-corrected chi connectivity index (χ4v) is 2.97. The van der Waals surface area contributed by atoms with Crippen molar-refractivity contribution in [3.63, 3.8) is 0 Å². The lowest BCUT2D eigenvalue weighted by molar-refractivity contribution is 0.287. The number of hydrogen-bond acceptors (Lipinski definition) is 6. The van der Waals surface area contributed by atoms with Crippen molar-refractivity contribution in [1.29, 1.82) is 0 Å². The standard InChI is InChI=1S/C17H18N4O2/c1-12-4-5-15(22-12)11-21-8-6-14(10-21)17-20-19-16(23-17)13-3-2-7-18-9-13/h2-5,7,9,14H,6,8,10-11H2,1H3. The Kier molecular flexibility index (Phi) is 3.67. The van der Waals surface area contributed by atoms with Gasteiger partial charge >= 0.3 is 0 Å². The average Bonchev–Trinajstić information content (AvgIpc) is 3.29. The van der Waals surface area contributed by atoms with Crippen LogP contribution in [0, 0.1) is 6.92 Å². The molecule has 3 aromatic heterocycles. The molecule has 4 rings (SSSR count). The van der Waals surface area contributed by atoms with E-state index in [0.717, 1.165) is 43.1 Å². The summed E-state index contributed by atoms with van der Waals surface area (Å²) in [6.07, 6.45) is 4.48. The van der Waals surface area contributed by atoms with Crippen molar-refractivity contribution in [2.75, 3.05) is 13.1 Å². The van der Waals surface area contributed by atoms with Crippen molar-refractivity contribution in [2.24, 2.45) is 0 Å². The molecule has 3 aromatic rings. The molecule has 0 aliphatic carbocycles. The maximum absolute atomic E-state index is 5.84. The summed E-state index contributed by atoms with van der Waals surface area (Å²) in [6, 6.07) is 7.82. The summed E-state index contributed by atoms with van der Waals surface area (Å²) in [7, 11) is 0. The van der Waals surface area contributed by atoms with Gasteiger partial charge in [0.2, 0.25) is 11.8 Å². The first-order valence-electron chi connectivity index (χ1n) is 7.79. The molecule has 0 aromatic carbocycles. The molecule has 23 heavy (non-hydrogen) atoms. The molecular formula is C17H18N4O2. The molecule has 0 N–H and O–H groups in total. The molecule has 4 heterocycles. The lowest BCUT2D eigenvalue weighted by Crippen LogP contribution is -2.19. The molecule has 1 aliphatic heterocycles. The second kappa shape index (κ2) is 5.96. The Labute approximate surface area is 134 Å². The molecule has 1 aliphatic rings. The van der Waals surface area contributed by atoms with E-state index < -0.39 is 0 Å². The fourth-order valence-electron chi connectivity index (χ4n) is 2.97. The molecule has 0 amide bonds. The van der Waals surface area contributed by atoms with Crippen LogP contribution in [0.25, 0.3) is 11.5 Å². The maximum Gasteiger partial charge on any atom is 0.249 e. The van der Waals surface area contributed by atoms with E-state index in [-0.39, 0.29) is 5.92 Å². The Hall–Kier alpha value is -2.47. The van der Waals surface area contributed by atoms with E-state index in [1.807, 2.05) is 31.2 Å². The summed E-state index contributed by atoms with van der Waals surface area (Å²) in [5, 5.41) is 8.38. The highest BCUT2D eigenvalue weighted by Gasteiger charge is 2.28. The molecule has 1 atom stereocenters. The van der Waals surface area contributed by atoms with E-state index >= 15 is 0 Å². The Balaban J connectivity index is 1.43. The summed E-state index contributed by atoms with van der Waals surface area (Å²) in [4.78, 5) is 6.44. The normalized spacial score (nSPS) is 18.6. The highest BCUT2D eigenvalue weighted by molar-refractivity contribution is 5.50. The number of nitrogens with zero attached hydrogens (tertiary/aromatic N) is 4. The Morgan fingerprint density at radius 3 is 2.96 bits per heavy atom. The van der Waals surface area contributed by atoms with Crippen LogP contribution in [-0.2, 0) is 6.54 Å². The molecule has 0 bridgehead atoms. The van der Waals surface area contributed by atoms with Crippen molar-refractivity contribution in [2.45, 2.75) is 25.8 Å². The minimum Gasteiger partial charge on any atom is -0.465 e. The number of aromatic nitrogens is 3. The average molecular weight is 310 g/mol. The first kappa shape index (κ1) is 14.1. The monoisotopic (exact) mass is 310 g/mol. The van der Waals surface area contributed by atoms with Crippen LogP contribution in [0.5, 0.6) is 0 Å². The van der Waals surface area contributed by atoms with E-state index in [0.29, 0.717) is 11.8 Å². The summed E-state index contributed by atoms with van der Waals surface area (Å²) in [5.41, 5.74) is 0.854. The van der Waals surface area contributed by atoms with Crippen LogP contribution in [0.1, 0.15) is 29.7 Å². The van der Waals surface area contributed by atoms with Gasteiger partial charge in [-0.15, -0.1) is 10.2 Å². The highest BCUT2D eigenvalue weighted by atomic mass is 16.4. The van der Waals surface area contributed by atoms with E-state index in [1.54, 1.807) is 12.4 Å². The Morgan fingerprint density at radius 1 is 1.22 bits per heavy atom. The van der Waals surface area contributed by atoms with Crippen LogP contribution < -0.4 is 0 Å². The largest absolute Gasteiger partial charge is 0.465 e. The number of likely N-dealkylation sites (tertiary alicyclic amines) is 1. The molecule has 0 spiro atoms. The number of pyridine rings is 1. The van der Waals surface area contributed by atoms with Gasteiger partial charge in [0.25, 0.3) is 0 Å². The van der Waals surface area contributed by atoms with Crippen LogP contribution in [0.2, 0.25) is 0 Å². The maximum atomic E-state index is 5.84. The predicted molar refractivity (Wildman–Crippen MR) is 83.6 cm³/mol. The van der Waals surface area contributed by atoms with Gasteiger partial charge in [0.05, 0.1) is 18.0 Å². The Bertz CT molecular complexity index is 781. The van der Waals surface area contributed by atoms with E-state index in [2.05, 4.69) is 20.1 Å². The zero-order valence-corrected chi connectivity index (χ0v) is 13.0. The molecule has 0 saturated carbocycles. The van der Waals surface area contributed by atoms with Crippen molar-refractivity contribution in [1.82, 2.24) is 20.1 Å². The van der Waals surface area contributed by atoms with Gasteiger partial charge in [0, 0.05) is 18.9 Å². The number of aryl methyl sites for hydroxylation is 1. The second-order valence-corrected chi connectivity index (χ2v) is 5.92. The van der Waals surface area contributed by atoms with Gasteiger partial charge in [-0.3, -0.25) is 9.88 Å². The molecule has 0 radical (unpaired) electrons. The van der Waals surface area contributed by atoms with Gasteiger partial charge in [-0.25, -0.2) is 0 Å². The minimum atomic E-state index is 0.281. The fraction of sp³-hybridized carbons (Fsp3) is 0.353. The molecular weight excluding hydrogens is 292 g/mol. The first-order chi connectivity index (χ1) is 11.3. The van der Waals surface area contributed by atoms with Gasteiger partial charge in [-0.2, -0.15) is 0 Å². The number of furan rings is 1. The number of hydrogen-bond donors (Lipinski definition) is 0. The summed E-state index contributed by atoms with van der Waals surface area (Å²) < 4.78 is 11.5. The molecule has 6 heteroatoms. The summed E-state index contributed by atoms with van der Waals surface area (Å²) >= 11 is 0. The smallest absolute Gasteiger partial charge is 0.249 e. The van der Waals surface area contributed by atoms with E-state index in [9.17, 15) is 0 Å². The van der Waals surface area contributed by atoms with Gasteiger partial charge in [-0.1, -0.05) is 0 Å². The lowest BCUT2D eigenvalue weighted by atomic mass is 10.1. The van der Waals surface area contributed by atoms with Crippen LogP contribution >= 0.6 is 0 Å². The van der Waals surface area contributed by atoms with Crippen molar-refractivity contribution in [3.8, 4) is 11.5 Å². The third-order valence-electron chi connectivity index (χ3n) is 4.15. The lowest BCUT2D eigenvalue weighted by Gasteiger charge is -2.12. The topological polar surface area (TPSA) is 68.2 Å². The third kappa shape index (κ3) is 3.03. The highest BCUT2D eigenvalue weighted by Crippen LogP contribution is 2.29. The van der Waals surface area contributed by atoms with Gasteiger partial charge in [0.1, 0.15) is 11.5 Å². The first-order valence-corrected chi connectivity index (χ1v) is 7.79. The molecule has 1 fully saturated rings. The quantitative estimate of drug-likeness (QED) is 0.738. The van der Waals surface area contributed by atoms with Crippen molar-refractivity contribution < 1.29 is 8.83 Å². The zero-order chi connectivity index (χ0) is 15.6. The summed E-state index contributed by atoms with van der Waals surface area (Å²) in [6.45, 7) is 4.71. The summed E-state index contributed by atoms with van der Waals surface area (Å²) in [5.74, 6) is 3.48. The minimum absolute atomic E-state index is 0.281. The van der Waals surface area contributed by atoms with Crippen LogP contribution in [0.3, 0.4) is 0 Å². The van der Waals surface area contributed by atoms with E-state index in [4.69, 9.17) is 8.83 Å². The zero-order valence-electron chi connectivity index (χ0n) is 13.0. The predicted octanol–water partition coefficient (Wildman–Crippen LogP) is 3.02.